The van der Waals surface area contributed by atoms with Crippen molar-refractivity contribution in [3.05, 3.63) is 72.9 Å². The first-order valence-corrected chi connectivity index (χ1v) is 27.0. The van der Waals surface area contributed by atoms with Crippen molar-refractivity contribution in [1.82, 2.24) is 0 Å². The number of esters is 3. The Morgan fingerprint density at radius 1 is 0.344 bits per heavy atom. The van der Waals surface area contributed by atoms with Crippen LogP contribution in [0.1, 0.15) is 258 Å². The van der Waals surface area contributed by atoms with Crippen LogP contribution in [0.15, 0.2) is 72.9 Å². The molecule has 0 aromatic carbocycles. The van der Waals surface area contributed by atoms with Crippen LogP contribution in [0, 0.1) is 0 Å². The molecule has 64 heavy (non-hydrogen) atoms. The van der Waals surface area contributed by atoms with E-state index in [0.717, 1.165) is 77.0 Å². The van der Waals surface area contributed by atoms with Crippen LogP contribution in [0.2, 0.25) is 0 Å². The summed E-state index contributed by atoms with van der Waals surface area (Å²) in [7, 11) is 0. The summed E-state index contributed by atoms with van der Waals surface area (Å²) in [6.45, 7) is 6.45. The molecule has 0 N–H and O–H groups in total. The van der Waals surface area contributed by atoms with Crippen molar-refractivity contribution < 1.29 is 28.6 Å². The Morgan fingerprint density at radius 2 is 0.656 bits per heavy atom. The standard InChI is InChI=1S/C58H100O6/c1-4-7-10-13-16-19-22-25-27-28-29-30-32-33-36-39-42-45-48-51-57(60)63-54-55(53-62-56(59)50-47-44-41-38-35-24-21-18-15-12-9-6-3)64-58(61)52-49-46-43-40-37-34-31-26-23-20-17-14-11-8-5-2/h9,12,16,18-23,25,35,38,55H,4-8,10-11,13-15,17,24,26-34,36-37,39-54H2,1-3H3/b12-9-,19-16-,21-18-,23-20-,25-22-,38-35-. The lowest BCUT2D eigenvalue weighted by Crippen LogP contribution is -2.30. The predicted molar refractivity (Wildman–Crippen MR) is 274 cm³/mol. The molecule has 0 rings (SSSR count). The highest BCUT2D eigenvalue weighted by Gasteiger charge is 2.19. The van der Waals surface area contributed by atoms with E-state index in [2.05, 4.69) is 93.7 Å². The van der Waals surface area contributed by atoms with Gasteiger partial charge in [-0.1, -0.05) is 209 Å². The van der Waals surface area contributed by atoms with Crippen LogP contribution in [0.25, 0.3) is 0 Å². The Bertz CT molecular complexity index is 1210. The van der Waals surface area contributed by atoms with E-state index in [1.54, 1.807) is 0 Å². The van der Waals surface area contributed by atoms with E-state index in [4.69, 9.17) is 14.2 Å². The second-order valence-electron chi connectivity index (χ2n) is 17.8. The molecule has 0 saturated carbocycles. The Kier molecular flexibility index (Phi) is 49.9. The molecule has 0 aromatic rings. The summed E-state index contributed by atoms with van der Waals surface area (Å²) in [5.74, 6) is -0.936. The van der Waals surface area contributed by atoms with Gasteiger partial charge in [0.05, 0.1) is 0 Å². The first-order chi connectivity index (χ1) is 31.5. The van der Waals surface area contributed by atoms with Gasteiger partial charge >= 0.3 is 17.9 Å². The SMILES string of the molecule is CC/C=C\C/C=C\C/C=C\CCCCC(=O)OCC(COC(=O)CCCCCCCCCCCC/C=C\C=C/CCCCC)OC(=O)CCCCCCCCC/C=C\CCCCCC. The Hall–Kier alpha value is -3.15. The van der Waals surface area contributed by atoms with Gasteiger partial charge in [0.15, 0.2) is 6.10 Å². The second kappa shape index (κ2) is 52.5. The highest BCUT2D eigenvalue weighted by atomic mass is 16.6. The predicted octanol–water partition coefficient (Wildman–Crippen LogP) is 17.8. The van der Waals surface area contributed by atoms with Gasteiger partial charge in [-0.3, -0.25) is 14.4 Å². The van der Waals surface area contributed by atoms with Gasteiger partial charge in [-0.15, -0.1) is 0 Å². The van der Waals surface area contributed by atoms with Crippen LogP contribution < -0.4 is 0 Å². The van der Waals surface area contributed by atoms with Gasteiger partial charge < -0.3 is 14.2 Å². The number of carbonyl (C=O) groups is 3. The molecule has 0 bridgehead atoms. The zero-order chi connectivity index (χ0) is 46.5. The lowest BCUT2D eigenvalue weighted by Gasteiger charge is -2.18. The van der Waals surface area contributed by atoms with Gasteiger partial charge in [0.25, 0.3) is 0 Å². The molecule has 0 radical (unpaired) electrons. The molecule has 0 aromatic heterocycles. The number of rotatable bonds is 48. The molecule has 1 atom stereocenters. The van der Waals surface area contributed by atoms with Crippen molar-refractivity contribution >= 4 is 17.9 Å². The molecule has 0 heterocycles. The lowest BCUT2D eigenvalue weighted by atomic mass is 10.1. The van der Waals surface area contributed by atoms with Crippen molar-refractivity contribution in [2.24, 2.45) is 0 Å². The van der Waals surface area contributed by atoms with Crippen LogP contribution in [0.3, 0.4) is 0 Å². The van der Waals surface area contributed by atoms with Gasteiger partial charge in [0, 0.05) is 19.3 Å². The maximum atomic E-state index is 12.8. The quantitative estimate of drug-likeness (QED) is 0.0199. The topological polar surface area (TPSA) is 78.9 Å². The largest absolute Gasteiger partial charge is 0.462 e. The van der Waals surface area contributed by atoms with Crippen molar-refractivity contribution in [2.45, 2.75) is 264 Å². The van der Waals surface area contributed by atoms with E-state index in [1.807, 2.05) is 0 Å². The summed E-state index contributed by atoms with van der Waals surface area (Å²) in [5.41, 5.74) is 0. The molecular formula is C58H100O6. The van der Waals surface area contributed by atoms with Crippen molar-refractivity contribution in [2.75, 3.05) is 13.2 Å². The molecule has 0 amide bonds. The zero-order valence-corrected chi connectivity index (χ0v) is 42.0. The molecule has 0 spiro atoms. The highest BCUT2D eigenvalue weighted by Crippen LogP contribution is 2.15. The van der Waals surface area contributed by atoms with Crippen molar-refractivity contribution in [3.63, 3.8) is 0 Å². The van der Waals surface area contributed by atoms with Gasteiger partial charge in [-0.2, -0.15) is 0 Å². The van der Waals surface area contributed by atoms with Crippen LogP contribution in [0.5, 0.6) is 0 Å². The monoisotopic (exact) mass is 893 g/mol. The van der Waals surface area contributed by atoms with Crippen LogP contribution >= 0.6 is 0 Å². The van der Waals surface area contributed by atoms with E-state index in [0.29, 0.717) is 19.3 Å². The number of hydrogen-bond acceptors (Lipinski definition) is 6. The fraction of sp³-hybridized carbons (Fsp3) is 0.741. The summed E-state index contributed by atoms with van der Waals surface area (Å²) in [6, 6.07) is 0. The third kappa shape index (κ3) is 49.9. The van der Waals surface area contributed by atoms with Crippen LogP contribution in [-0.4, -0.2) is 37.2 Å². The highest BCUT2D eigenvalue weighted by molar-refractivity contribution is 5.71. The zero-order valence-electron chi connectivity index (χ0n) is 42.0. The van der Waals surface area contributed by atoms with Gasteiger partial charge in [0.2, 0.25) is 0 Å². The van der Waals surface area contributed by atoms with E-state index < -0.39 is 6.10 Å². The molecule has 6 heteroatoms. The minimum Gasteiger partial charge on any atom is -0.462 e. The maximum absolute atomic E-state index is 12.8. The average Bonchev–Trinajstić information content (AvgIpc) is 3.29. The smallest absolute Gasteiger partial charge is 0.306 e. The van der Waals surface area contributed by atoms with Gasteiger partial charge in [-0.25, -0.2) is 0 Å². The van der Waals surface area contributed by atoms with Gasteiger partial charge in [-0.05, 0) is 103 Å². The molecule has 0 aliphatic heterocycles. The third-order valence-corrected chi connectivity index (χ3v) is 11.4. The Balaban J connectivity index is 4.38. The molecular weight excluding hydrogens is 793 g/mol. The Labute approximate surface area is 395 Å². The van der Waals surface area contributed by atoms with E-state index in [-0.39, 0.29) is 31.1 Å². The minimum atomic E-state index is -0.794. The molecule has 0 fully saturated rings. The lowest BCUT2D eigenvalue weighted by molar-refractivity contribution is -0.167. The van der Waals surface area contributed by atoms with Crippen LogP contribution in [0.4, 0.5) is 0 Å². The Morgan fingerprint density at radius 3 is 1.12 bits per heavy atom. The molecule has 0 aliphatic carbocycles. The van der Waals surface area contributed by atoms with E-state index in [1.165, 1.54) is 141 Å². The van der Waals surface area contributed by atoms with E-state index >= 15 is 0 Å². The molecule has 0 saturated heterocycles. The first kappa shape index (κ1) is 60.9. The van der Waals surface area contributed by atoms with Crippen molar-refractivity contribution in [1.29, 1.82) is 0 Å². The number of unbranched alkanes of at least 4 members (excludes halogenated alkanes) is 26. The maximum Gasteiger partial charge on any atom is 0.306 e. The summed E-state index contributed by atoms with van der Waals surface area (Å²) >= 11 is 0. The van der Waals surface area contributed by atoms with Crippen molar-refractivity contribution in [3.8, 4) is 0 Å². The van der Waals surface area contributed by atoms with Gasteiger partial charge in [0.1, 0.15) is 13.2 Å². The number of allylic oxidation sites excluding steroid dienone is 12. The fourth-order valence-corrected chi connectivity index (χ4v) is 7.38. The number of hydrogen-bond donors (Lipinski definition) is 0. The summed E-state index contributed by atoms with van der Waals surface area (Å²) in [5, 5.41) is 0. The van der Waals surface area contributed by atoms with Crippen LogP contribution in [-0.2, 0) is 28.6 Å². The average molecular weight is 893 g/mol. The molecule has 368 valence electrons. The summed E-state index contributed by atoms with van der Waals surface area (Å²) in [6.07, 6.45) is 66.0. The minimum absolute atomic E-state index is 0.0908. The molecule has 1 unspecified atom stereocenters. The molecule has 6 nitrogen and oxygen atoms in total. The third-order valence-electron chi connectivity index (χ3n) is 11.4. The normalized spacial score (nSPS) is 12.6. The fourth-order valence-electron chi connectivity index (χ4n) is 7.38. The molecule has 0 aliphatic rings. The number of carbonyl (C=O) groups excluding carboxylic acids is 3. The summed E-state index contributed by atoms with van der Waals surface area (Å²) in [4.78, 5) is 38.0. The van der Waals surface area contributed by atoms with E-state index in [9.17, 15) is 14.4 Å². The second-order valence-corrected chi connectivity index (χ2v) is 17.8. The first-order valence-electron chi connectivity index (χ1n) is 27.0. The summed E-state index contributed by atoms with van der Waals surface area (Å²) < 4.78 is 16.8. The number of ether oxygens (including phenoxy) is 3.